The number of carbonyl (C=O) groups is 1. The molecule has 6 heteroatoms. The van der Waals surface area contributed by atoms with Crippen molar-refractivity contribution in [3.63, 3.8) is 0 Å². The summed E-state index contributed by atoms with van der Waals surface area (Å²) in [6.07, 6.45) is 0.665. The number of aromatic nitrogens is 1. The number of nitrogens with zero attached hydrogens (tertiary/aromatic N) is 3. The highest BCUT2D eigenvalue weighted by Gasteiger charge is 2.31. The van der Waals surface area contributed by atoms with Gasteiger partial charge >= 0.3 is 0 Å². The third-order valence-corrected chi connectivity index (χ3v) is 3.77. The van der Waals surface area contributed by atoms with Gasteiger partial charge in [0.25, 0.3) is 0 Å². The van der Waals surface area contributed by atoms with Gasteiger partial charge < -0.3 is 10.2 Å². The second-order valence-electron chi connectivity index (χ2n) is 5.39. The van der Waals surface area contributed by atoms with Gasteiger partial charge in [0, 0.05) is 13.1 Å². The van der Waals surface area contributed by atoms with E-state index < -0.39 is 0 Å². The second-order valence-corrected chi connectivity index (χ2v) is 5.39. The van der Waals surface area contributed by atoms with Crippen LogP contribution in [-0.4, -0.2) is 28.4 Å². The molecule has 2 heterocycles. The lowest BCUT2D eigenvalue weighted by atomic mass is 10.2. The summed E-state index contributed by atoms with van der Waals surface area (Å²) >= 11 is 0. The minimum absolute atomic E-state index is 0.0153. The van der Waals surface area contributed by atoms with E-state index in [0.717, 1.165) is 5.56 Å². The summed E-state index contributed by atoms with van der Waals surface area (Å²) in [6.45, 7) is 1.09. The summed E-state index contributed by atoms with van der Waals surface area (Å²) in [7, 11) is 0. The van der Waals surface area contributed by atoms with Gasteiger partial charge in [0.15, 0.2) is 0 Å². The Morgan fingerprint density at radius 2 is 2.09 bits per heavy atom. The van der Waals surface area contributed by atoms with Crippen LogP contribution in [0.1, 0.15) is 17.7 Å². The topological polar surface area (TPSA) is 69.0 Å². The number of nitriles is 1. The fourth-order valence-electron chi connectivity index (χ4n) is 2.60. The zero-order valence-corrected chi connectivity index (χ0v) is 12.4. The van der Waals surface area contributed by atoms with E-state index in [1.165, 1.54) is 12.1 Å². The van der Waals surface area contributed by atoms with Crippen molar-refractivity contribution >= 4 is 11.7 Å². The Hall–Kier alpha value is -2.94. The first-order valence-electron chi connectivity index (χ1n) is 7.32. The number of benzene rings is 1. The molecule has 1 atom stereocenters. The van der Waals surface area contributed by atoms with Crippen LogP contribution in [0, 0.1) is 17.1 Å². The molecular formula is C17H15FN4O. The Balaban J connectivity index is 1.64. The molecule has 116 valence electrons. The van der Waals surface area contributed by atoms with Crippen LogP contribution in [0.3, 0.4) is 0 Å². The molecule has 1 unspecified atom stereocenters. The van der Waals surface area contributed by atoms with Gasteiger partial charge in [-0.15, -0.1) is 0 Å². The molecule has 0 aliphatic carbocycles. The number of rotatable bonds is 4. The number of halogens is 1. The quantitative estimate of drug-likeness (QED) is 0.941. The lowest BCUT2D eigenvalue weighted by Crippen LogP contribution is -2.33. The third kappa shape index (κ3) is 3.46. The fourth-order valence-corrected chi connectivity index (χ4v) is 2.60. The van der Waals surface area contributed by atoms with E-state index in [4.69, 9.17) is 5.26 Å². The highest BCUT2D eigenvalue weighted by molar-refractivity contribution is 5.86. The van der Waals surface area contributed by atoms with Crippen LogP contribution in [0.2, 0.25) is 0 Å². The van der Waals surface area contributed by atoms with Crippen molar-refractivity contribution in [2.75, 3.05) is 11.9 Å². The number of pyridine rings is 1. The summed E-state index contributed by atoms with van der Waals surface area (Å²) in [5.74, 6) is 0.217. The summed E-state index contributed by atoms with van der Waals surface area (Å²) in [5.41, 5.74) is 1.20. The molecule has 1 N–H and O–H groups in total. The van der Waals surface area contributed by atoms with Crippen LogP contribution < -0.4 is 5.32 Å². The van der Waals surface area contributed by atoms with Gasteiger partial charge in [0.1, 0.15) is 29.4 Å². The average Bonchev–Trinajstić information content (AvgIpc) is 2.90. The first-order chi connectivity index (χ1) is 11.2. The molecule has 0 bridgehead atoms. The number of likely N-dealkylation sites (tertiary alicyclic amines) is 1. The number of amides is 1. The van der Waals surface area contributed by atoms with E-state index in [2.05, 4.69) is 10.3 Å². The molecule has 1 fully saturated rings. The van der Waals surface area contributed by atoms with Crippen molar-refractivity contribution in [3.05, 3.63) is 59.5 Å². The van der Waals surface area contributed by atoms with Crippen LogP contribution >= 0.6 is 0 Å². The standard InChI is InChI=1S/C17H15FN4O/c18-13-6-4-12(5-7-13)11-22-9-8-15(17(22)23)21-16-3-1-2-14(10-19)20-16/h1-7,15H,8-9,11H2,(H,20,21). The normalized spacial score (nSPS) is 17.1. The molecular weight excluding hydrogens is 295 g/mol. The predicted molar refractivity (Wildman–Crippen MR) is 82.8 cm³/mol. The molecule has 1 aliphatic heterocycles. The van der Waals surface area contributed by atoms with Crippen LogP contribution in [0.15, 0.2) is 42.5 Å². The summed E-state index contributed by atoms with van der Waals surface area (Å²) < 4.78 is 12.9. The van der Waals surface area contributed by atoms with E-state index in [-0.39, 0.29) is 17.8 Å². The molecule has 3 rings (SSSR count). The van der Waals surface area contributed by atoms with Gasteiger partial charge in [-0.2, -0.15) is 5.26 Å². The first kappa shape index (κ1) is 15.0. The third-order valence-electron chi connectivity index (χ3n) is 3.77. The van der Waals surface area contributed by atoms with Crippen LogP contribution in [0.5, 0.6) is 0 Å². The SMILES string of the molecule is N#Cc1cccc(NC2CCN(Cc3ccc(F)cc3)C2=O)n1. The maximum atomic E-state index is 12.9. The number of anilines is 1. The van der Waals surface area contributed by atoms with Gasteiger partial charge in [-0.3, -0.25) is 4.79 Å². The Labute approximate surface area is 133 Å². The average molecular weight is 310 g/mol. The van der Waals surface area contributed by atoms with E-state index in [0.29, 0.717) is 31.0 Å². The fraction of sp³-hybridized carbons (Fsp3) is 0.235. The van der Waals surface area contributed by atoms with Crippen LogP contribution in [0.4, 0.5) is 10.2 Å². The lowest BCUT2D eigenvalue weighted by molar-refractivity contribution is -0.128. The first-order valence-corrected chi connectivity index (χ1v) is 7.32. The van der Waals surface area contributed by atoms with Crippen molar-refractivity contribution in [2.45, 2.75) is 19.0 Å². The van der Waals surface area contributed by atoms with Gasteiger partial charge in [-0.1, -0.05) is 18.2 Å². The molecule has 1 amide bonds. The second kappa shape index (κ2) is 6.44. The minimum Gasteiger partial charge on any atom is -0.358 e. The predicted octanol–water partition coefficient (Wildman–Crippen LogP) is 2.31. The highest BCUT2D eigenvalue weighted by Crippen LogP contribution is 2.18. The molecule has 0 spiro atoms. The van der Waals surface area contributed by atoms with Gasteiger partial charge in [0.2, 0.25) is 5.91 Å². The number of carbonyl (C=O) groups excluding carboxylic acids is 1. The Bertz CT molecular complexity index is 754. The zero-order valence-electron chi connectivity index (χ0n) is 12.4. The Kier molecular flexibility index (Phi) is 4.20. The summed E-state index contributed by atoms with van der Waals surface area (Å²) in [5, 5.41) is 11.9. The largest absolute Gasteiger partial charge is 0.358 e. The summed E-state index contributed by atoms with van der Waals surface area (Å²) in [4.78, 5) is 18.3. The Morgan fingerprint density at radius 3 is 2.83 bits per heavy atom. The van der Waals surface area contributed by atoms with Crippen molar-refractivity contribution in [2.24, 2.45) is 0 Å². The number of hydrogen-bond donors (Lipinski definition) is 1. The number of hydrogen-bond acceptors (Lipinski definition) is 4. The maximum Gasteiger partial charge on any atom is 0.245 e. The van der Waals surface area contributed by atoms with Crippen molar-refractivity contribution in [1.29, 1.82) is 5.26 Å². The molecule has 0 saturated carbocycles. The smallest absolute Gasteiger partial charge is 0.245 e. The van der Waals surface area contributed by atoms with Gasteiger partial charge in [-0.05, 0) is 36.2 Å². The van der Waals surface area contributed by atoms with Crippen LogP contribution in [0.25, 0.3) is 0 Å². The van der Waals surface area contributed by atoms with E-state index in [9.17, 15) is 9.18 Å². The highest BCUT2D eigenvalue weighted by atomic mass is 19.1. The minimum atomic E-state index is -0.350. The molecule has 0 radical (unpaired) electrons. The molecule has 5 nitrogen and oxygen atoms in total. The van der Waals surface area contributed by atoms with Crippen LogP contribution in [-0.2, 0) is 11.3 Å². The maximum absolute atomic E-state index is 12.9. The Morgan fingerprint density at radius 1 is 1.30 bits per heavy atom. The lowest BCUT2D eigenvalue weighted by Gasteiger charge is -2.17. The van der Waals surface area contributed by atoms with E-state index in [1.54, 1.807) is 35.2 Å². The number of nitrogens with one attached hydrogen (secondary N) is 1. The molecule has 23 heavy (non-hydrogen) atoms. The van der Waals surface area contributed by atoms with Crippen molar-refractivity contribution < 1.29 is 9.18 Å². The summed E-state index contributed by atoms with van der Waals surface area (Å²) in [6, 6.07) is 12.8. The zero-order chi connectivity index (χ0) is 16.2. The monoisotopic (exact) mass is 310 g/mol. The van der Waals surface area contributed by atoms with E-state index >= 15 is 0 Å². The van der Waals surface area contributed by atoms with Crippen molar-refractivity contribution in [1.82, 2.24) is 9.88 Å². The molecule has 1 aromatic heterocycles. The molecule has 1 saturated heterocycles. The molecule has 2 aromatic rings. The van der Waals surface area contributed by atoms with Crippen molar-refractivity contribution in [3.8, 4) is 6.07 Å². The van der Waals surface area contributed by atoms with E-state index in [1.807, 2.05) is 6.07 Å². The van der Waals surface area contributed by atoms with Gasteiger partial charge in [0.05, 0.1) is 0 Å². The van der Waals surface area contributed by atoms with Gasteiger partial charge in [-0.25, -0.2) is 9.37 Å². The molecule has 1 aliphatic rings. The molecule has 1 aromatic carbocycles.